The van der Waals surface area contributed by atoms with Crippen LogP contribution in [0.15, 0.2) is 28.9 Å². The van der Waals surface area contributed by atoms with Crippen molar-refractivity contribution >= 4 is 33.1 Å². The van der Waals surface area contributed by atoms with Gasteiger partial charge in [0.15, 0.2) is 0 Å². The summed E-state index contributed by atoms with van der Waals surface area (Å²) in [6, 6.07) is 6.16. The van der Waals surface area contributed by atoms with Crippen molar-refractivity contribution in [3.05, 3.63) is 34.4 Å². The Balaban J connectivity index is 2.55. The number of hydrogen-bond acceptors (Lipinski definition) is 1. The van der Waals surface area contributed by atoms with Gasteiger partial charge in [-0.15, -0.1) is 0 Å². The molecule has 15 heavy (non-hydrogen) atoms. The van der Waals surface area contributed by atoms with Crippen LogP contribution in [0.5, 0.6) is 0 Å². The first-order valence-corrected chi connectivity index (χ1v) is 5.72. The average molecular weight is 266 g/mol. The summed E-state index contributed by atoms with van der Waals surface area (Å²) in [5.41, 5.74) is 2.32. The summed E-state index contributed by atoms with van der Waals surface area (Å²) in [6.07, 6.45) is 3.47. The highest BCUT2D eigenvalue weighted by atomic mass is 79.9. The third kappa shape index (κ3) is 1.84. The normalized spacial score (nSPS) is 12.9. The van der Waals surface area contributed by atoms with Gasteiger partial charge in [0.25, 0.3) is 0 Å². The van der Waals surface area contributed by atoms with E-state index in [1.54, 1.807) is 0 Å². The molecule has 1 N–H and O–H groups in total. The molecule has 0 aliphatic rings. The first kappa shape index (κ1) is 10.4. The number of carbonyl (C=O) groups excluding carboxylic acids is 1. The number of para-hydroxylation sites is 1. The SMILES string of the molecule is CC(CC=O)c1cccc2c(Br)c[nH]c12. The average Bonchev–Trinajstić information content (AvgIpc) is 2.61. The maximum Gasteiger partial charge on any atom is 0.120 e. The molecule has 0 spiro atoms. The Morgan fingerprint density at radius 3 is 3.07 bits per heavy atom. The second-order valence-electron chi connectivity index (χ2n) is 3.71. The predicted octanol–water partition coefficient (Wildman–Crippen LogP) is 3.62. The standard InChI is InChI=1S/C12H12BrNO/c1-8(5-6-15)9-3-2-4-10-11(13)7-14-12(9)10/h2-4,6-8,14H,5H2,1H3. The van der Waals surface area contributed by atoms with Gasteiger partial charge >= 0.3 is 0 Å². The summed E-state index contributed by atoms with van der Waals surface area (Å²) in [4.78, 5) is 13.7. The number of aldehydes is 1. The maximum atomic E-state index is 10.5. The number of hydrogen-bond donors (Lipinski definition) is 1. The molecule has 0 aliphatic carbocycles. The van der Waals surface area contributed by atoms with Gasteiger partial charge in [-0.25, -0.2) is 0 Å². The minimum Gasteiger partial charge on any atom is -0.360 e. The Bertz CT molecular complexity index is 489. The van der Waals surface area contributed by atoms with Crippen LogP contribution >= 0.6 is 15.9 Å². The first-order valence-electron chi connectivity index (χ1n) is 4.93. The summed E-state index contributed by atoms with van der Waals surface area (Å²) < 4.78 is 1.07. The van der Waals surface area contributed by atoms with Crippen LogP contribution in [-0.2, 0) is 4.79 Å². The monoisotopic (exact) mass is 265 g/mol. The summed E-state index contributed by atoms with van der Waals surface area (Å²) in [6.45, 7) is 2.07. The van der Waals surface area contributed by atoms with Gasteiger partial charge in [-0.3, -0.25) is 0 Å². The quantitative estimate of drug-likeness (QED) is 0.845. The van der Waals surface area contributed by atoms with E-state index in [0.717, 1.165) is 16.3 Å². The van der Waals surface area contributed by atoms with Gasteiger partial charge < -0.3 is 9.78 Å². The van der Waals surface area contributed by atoms with Crippen molar-refractivity contribution < 1.29 is 4.79 Å². The number of aromatic nitrogens is 1. The lowest BCUT2D eigenvalue weighted by Crippen LogP contribution is -1.95. The number of halogens is 1. The van der Waals surface area contributed by atoms with E-state index in [1.165, 1.54) is 10.9 Å². The Morgan fingerprint density at radius 1 is 1.53 bits per heavy atom. The molecule has 0 bridgehead atoms. The van der Waals surface area contributed by atoms with Crippen LogP contribution < -0.4 is 0 Å². The molecule has 2 nitrogen and oxygen atoms in total. The minimum absolute atomic E-state index is 0.261. The Morgan fingerprint density at radius 2 is 2.33 bits per heavy atom. The van der Waals surface area contributed by atoms with Crippen LogP contribution in [0.4, 0.5) is 0 Å². The van der Waals surface area contributed by atoms with Gasteiger partial charge in [-0.05, 0) is 27.4 Å². The van der Waals surface area contributed by atoms with Crippen molar-refractivity contribution in [1.29, 1.82) is 0 Å². The van der Waals surface area contributed by atoms with Crippen molar-refractivity contribution in [2.75, 3.05) is 0 Å². The van der Waals surface area contributed by atoms with E-state index in [2.05, 4.69) is 40.0 Å². The zero-order valence-electron chi connectivity index (χ0n) is 8.46. The molecule has 0 radical (unpaired) electrons. The van der Waals surface area contributed by atoms with Gasteiger partial charge in [0, 0.05) is 22.5 Å². The number of nitrogens with one attached hydrogen (secondary N) is 1. The molecule has 0 fully saturated rings. The Kier molecular flexibility index (Phi) is 2.91. The summed E-state index contributed by atoms with van der Waals surface area (Å²) in [5, 5.41) is 1.17. The molecule has 1 heterocycles. The summed E-state index contributed by atoms with van der Waals surface area (Å²) in [7, 11) is 0. The fraction of sp³-hybridized carbons (Fsp3) is 0.250. The lowest BCUT2D eigenvalue weighted by molar-refractivity contribution is -0.108. The van der Waals surface area contributed by atoms with E-state index >= 15 is 0 Å². The van der Waals surface area contributed by atoms with Crippen molar-refractivity contribution in [2.24, 2.45) is 0 Å². The number of aromatic amines is 1. The van der Waals surface area contributed by atoms with Gasteiger partial charge in [0.1, 0.15) is 6.29 Å². The molecule has 0 saturated carbocycles. The third-order valence-corrected chi connectivity index (χ3v) is 3.33. The fourth-order valence-corrected chi connectivity index (χ4v) is 2.27. The van der Waals surface area contributed by atoms with Crippen LogP contribution in [-0.4, -0.2) is 11.3 Å². The van der Waals surface area contributed by atoms with E-state index in [0.29, 0.717) is 6.42 Å². The van der Waals surface area contributed by atoms with Crippen LogP contribution in [0, 0.1) is 0 Å². The topological polar surface area (TPSA) is 32.9 Å². The molecule has 2 rings (SSSR count). The van der Waals surface area contributed by atoms with Crippen molar-refractivity contribution in [3.63, 3.8) is 0 Å². The second kappa shape index (κ2) is 4.19. The molecule has 0 aliphatic heterocycles. The number of H-pyrrole nitrogens is 1. The van der Waals surface area contributed by atoms with Crippen LogP contribution in [0.25, 0.3) is 10.9 Å². The second-order valence-corrected chi connectivity index (χ2v) is 4.56. The highest BCUT2D eigenvalue weighted by Gasteiger charge is 2.11. The van der Waals surface area contributed by atoms with Crippen molar-refractivity contribution in [1.82, 2.24) is 4.98 Å². The molecular weight excluding hydrogens is 254 g/mol. The molecule has 3 heteroatoms. The predicted molar refractivity (Wildman–Crippen MR) is 65.1 cm³/mol. The molecule has 0 amide bonds. The van der Waals surface area contributed by atoms with Crippen LogP contribution in [0.2, 0.25) is 0 Å². The largest absolute Gasteiger partial charge is 0.360 e. The number of rotatable bonds is 3. The first-order chi connectivity index (χ1) is 7.24. The van der Waals surface area contributed by atoms with E-state index < -0.39 is 0 Å². The zero-order chi connectivity index (χ0) is 10.8. The Hall–Kier alpha value is -1.09. The van der Waals surface area contributed by atoms with Crippen LogP contribution in [0.1, 0.15) is 24.8 Å². The van der Waals surface area contributed by atoms with Gasteiger partial charge in [-0.2, -0.15) is 0 Å². The lowest BCUT2D eigenvalue weighted by Gasteiger charge is -2.09. The highest BCUT2D eigenvalue weighted by Crippen LogP contribution is 2.30. The van der Waals surface area contributed by atoms with E-state index in [9.17, 15) is 4.79 Å². The van der Waals surface area contributed by atoms with Gasteiger partial charge in [0.2, 0.25) is 0 Å². The van der Waals surface area contributed by atoms with Crippen LogP contribution in [0.3, 0.4) is 0 Å². The molecule has 1 atom stereocenters. The number of fused-ring (bicyclic) bond motifs is 1. The molecule has 0 saturated heterocycles. The van der Waals surface area contributed by atoms with Crippen molar-refractivity contribution in [3.8, 4) is 0 Å². The zero-order valence-corrected chi connectivity index (χ0v) is 10.0. The molecule has 1 unspecified atom stereocenters. The molecule has 78 valence electrons. The molecule has 1 aromatic carbocycles. The number of carbonyl (C=O) groups is 1. The number of benzene rings is 1. The van der Waals surface area contributed by atoms with Gasteiger partial charge in [-0.1, -0.05) is 25.1 Å². The van der Waals surface area contributed by atoms with Crippen molar-refractivity contribution in [2.45, 2.75) is 19.3 Å². The highest BCUT2D eigenvalue weighted by molar-refractivity contribution is 9.10. The molecular formula is C12H12BrNO. The Labute approximate surface area is 96.8 Å². The van der Waals surface area contributed by atoms with E-state index in [4.69, 9.17) is 0 Å². The maximum absolute atomic E-state index is 10.5. The summed E-state index contributed by atoms with van der Waals surface area (Å²) in [5.74, 6) is 0.261. The lowest BCUT2D eigenvalue weighted by atomic mass is 9.96. The minimum atomic E-state index is 0.261. The molecule has 2 aromatic rings. The van der Waals surface area contributed by atoms with E-state index in [-0.39, 0.29) is 5.92 Å². The smallest absolute Gasteiger partial charge is 0.120 e. The summed E-state index contributed by atoms with van der Waals surface area (Å²) >= 11 is 3.49. The molecule has 1 aromatic heterocycles. The van der Waals surface area contributed by atoms with E-state index in [1.807, 2.05) is 12.3 Å². The third-order valence-electron chi connectivity index (χ3n) is 2.68. The van der Waals surface area contributed by atoms with Gasteiger partial charge in [0.05, 0.1) is 5.52 Å². The fourth-order valence-electron chi connectivity index (χ4n) is 1.83.